The molecule has 2 aliphatic heterocycles. The molecule has 2 amide bonds. The molecule has 6 heteroatoms. The Balaban J connectivity index is 1.47. The Labute approximate surface area is 173 Å². The number of benzene rings is 2. The lowest BCUT2D eigenvalue weighted by molar-refractivity contribution is -0.132. The lowest BCUT2D eigenvalue weighted by Crippen LogP contribution is -2.60. The summed E-state index contributed by atoms with van der Waals surface area (Å²) in [6, 6.07) is 12.2. The summed E-state index contributed by atoms with van der Waals surface area (Å²) >= 11 is 6.18. The van der Waals surface area contributed by atoms with Crippen LogP contribution in [-0.4, -0.2) is 45.7 Å². The van der Waals surface area contributed by atoms with Gasteiger partial charge in [0.1, 0.15) is 5.15 Å². The monoisotopic (exact) mass is 405 g/mol. The molecule has 1 saturated heterocycles. The van der Waals surface area contributed by atoms with Crippen LogP contribution in [0.15, 0.2) is 49.1 Å². The molecule has 146 valence electrons. The van der Waals surface area contributed by atoms with E-state index in [0.29, 0.717) is 24.8 Å². The first-order chi connectivity index (χ1) is 14.0. The molecule has 0 radical (unpaired) electrons. The van der Waals surface area contributed by atoms with E-state index in [4.69, 9.17) is 11.6 Å². The average Bonchev–Trinajstić information content (AvgIpc) is 3.20. The number of hydrogen-bond donors (Lipinski definition) is 1. The number of aryl methyl sites for hydroxylation is 1. The van der Waals surface area contributed by atoms with E-state index in [1.165, 1.54) is 6.08 Å². The number of likely N-dealkylation sites (tertiary alicyclic amines) is 1. The molecule has 0 saturated carbocycles. The second kappa shape index (κ2) is 6.49. The topological polar surface area (TPSA) is 56.4 Å². The molecule has 5 rings (SSSR count). The first-order valence-electron chi connectivity index (χ1n) is 9.59. The molecular weight excluding hydrogens is 386 g/mol. The Bertz CT molecular complexity index is 1190. The number of carbonyl (C=O) groups excluding carboxylic acids is 2. The first-order valence-corrected chi connectivity index (χ1v) is 9.97. The van der Waals surface area contributed by atoms with Gasteiger partial charge in [-0.1, -0.05) is 36.4 Å². The van der Waals surface area contributed by atoms with Crippen molar-refractivity contribution in [3.63, 3.8) is 0 Å². The van der Waals surface area contributed by atoms with E-state index in [1.54, 1.807) is 4.90 Å². The van der Waals surface area contributed by atoms with Crippen molar-refractivity contribution in [1.29, 1.82) is 0 Å². The van der Waals surface area contributed by atoms with Gasteiger partial charge in [-0.15, -0.1) is 0 Å². The van der Waals surface area contributed by atoms with Crippen LogP contribution in [0.5, 0.6) is 0 Å². The van der Waals surface area contributed by atoms with Gasteiger partial charge in [-0.3, -0.25) is 9.59 Å². The molecular formula is C23H20ClN3O2. The molecule has 0 bridgehead atoms. The summed E-state index contributed by atoms with van der Waals surface area (Å²) in [7, 11) is 0. The van der Waals surface area contributed by atoms with Gasteiger partial charge in [0.05, 0.1) is 6.04 Å². The summed E-state index contributed by atoms with van der Waals surface area (Å²) in [6.45, 7) is 7.31. The van der Waals surface area contributed by atoms with E-state index in [-0.39, 0.29) is 17.9 Å². The second-order valence-electron chi connectivity index (χ2n) is 7.74. The summed E-state index contributed by atoms with van der Waals surface area (Å²) < 4.78 is 0. The van der Waals surface area contributed by atoms with Crippen molar-refractivity contribution in [2.75, 3.05) is 13.1 Å². The molecule has 1 N–H and O–H groups in total. The summed E-state index contributed by atoms with van der Waals surface area (Å²) in [5, 5.41) is 1.65. The van der Waals surface area contributed by atoms with Crippen LogP contribution >= 0.6 is 11.6 Å². The van der Waals surface area contributed by atoms with E-state index >= 15 is 0 Å². The van der Waals surface area contributed by atoms with E-state index < -0.39 is 0 Å². The molecule has 0 aliphatic carbocycles. The second-order valence-corrected chi connectivity index (χ2v) is 8.15. The van der Waals surface area contributed by atoms with Crippen molar-refractivity contribution in [1.82, 2.24) is 14.8 Å². The number of nitrogens with one attached hydrogen (secondary N) is 1. The Morgan fingerprint density at radius 3 is 2.79 bits per heavy atom. The summed E-state index contributed by atoms with van der Waals surface area (Å²) in [5.74, 6) is -0.0455. The van der Waals surface area contributed by atoms with Gasteiger partial charge >= 0.3 is 0 Å². The molecule has 3 heterocycles. The number of rotatable bonds is 3. The maximum Gasteiger partial charge on any atom is 0.254 e. The minimum absolute atomic E-state index is 0.0366. The number of amides is 2. The highest BCUT2D eigenvalue weighted by atomic mass is 35.5. The van der Waals surface area contributed by atoms with Gasteiger partial charge in [0.25, 0.3) is 5.91 Å². The lowest BCUT2D eigenvalue weighted by atomic mass is 9.94. The van der Waals surface area contributed by atoms with Crippen LogP contribution in [0, 0.1) is 6.92 Å². The fraction of sp³-hybridized carbons (Fsp3) is 0.217. The summed E-state index contributed by atoms with van der Waals surface area (Å²) in [4.78, 5) is 31.5. The van der Waals surface area contributed by atoms with Crippen LogP contribution in [0.3, 0.4) is 0 Å². The van der Waals surface area contributed by atoms with E-state index in [1.807, 2.05) is 29.2 Å². The zero-order valence-electron chi connectivity index (χ0n) is 16.0. The van der Waals surface area contributed by atoms with Crippen molar-refractivity contribution in [2.45, 2.75) is 19.5 Å². The van der Waals surface area contributed by atoms with Gasteiger partial charge in [-0.2, -0.15) is 0 Å². The van der Waals surface area contributed by atoms with Gasteiger partial charge in [-0.25, -0.2) is 0 Å². The van der Waals surface area contributed by atoms with Crippen LogP contribution < -0.4 is 0 Å². The third-order valence-electron chi connectivity index (χ3n) is 6.00. The molecule has 0 spiro atoms. The molecule has 3 aromatic rings. The highest BCUT2D eigenvalue weighted by Gasteiger charge is 2.40. The number of aromatic amines is 1. The highest BCUT2D eigenvalue weighted by molar-refractivity contribution is 6.31. The molecule has 0 atom stereocenters. The van der Waals surface area contributed by atoms with Crippen LogP contribution in [0.2, 0.25) is 5.15 Å². The third-order valence-corrected chi connectivity index (χ3v) is 6.20. The van der Waals surface area contributed by atoms with E-state index in [9.17, 15) is 9.59 Å². The van der Waals surface area contributed by atoms with E-state index in [2.05, 4.69) is 30.6 Å². The van der Waals surface area contributed by atoms with Gasteiger partial charge in [0.2, 0.25) is 5.91 Å². The Morgan fingerprint density at radius 2 is 2.03 bits per heavy atom. The van der Waals surface area contributed by atoms with Crippen molar-refractivity contribution in [2.24, 2.45) is 0 Å². The smallest absolute Gasteiger partial charge is 0.254 e. The van der Waals surface area contributed by atoms with Crippen LogP contribution in [0.4, 0.5) is 0 Å². The van der Waals surface area contributed by atoms with Crippen LogP contribution in [0.1, 0.15) is 21.5 Å². The van der Waals surface area contributed by atoms with Crippen molar-refractivity contribution >= 4 is 34.3 Å². The van der Waals surface area contributed by atoms with Crippen molar-refractivity contribution in [3.05, 3.63) is 70.9 Å². The van der Waals surface area contributed by atoms with Crippen molar-refractivity contribution in [3.8, 4) is 11.1 Å². The van der Waals surface area contributed by atoms with Gasteiger partial charge in [0.15, 0.2) is 0 Å². The predicted octanol–water partition coefficient (Wildman–Crippen LogP) is 4.15. The average molecular weight is 406 g/mol. The molecule has 5 nitrogen and oxygen atoms in total. The SMILES string of the molecule is C=CC(=O)N1CC(N2Cc3ccc(-c4c(C)ccc5[nH]c(Cl)cc45)cc3C2=O)C1. The molecule has 29 heavy (non-hydrogen) atoms. The minimum Gasteiger partial charge on any atom is -0.346 e. The Morgan fingerprint density at radius 1 is 1.24 bits per heavy atom. The molecule has 0 unspecified atom stereocenters. The molecule has 2 aliphatic rings. The maximum absolute atomic E-state index is 13.1. The minimum atomic E-state index is -0.0820. The van der Waals surface area contributed by atoms with Gasteiger partial charge < -0.3 is 14.8 Å². The number of fused-ring (bicyclic) bond motifs is 2. The summed E-state index contributed by atoms with van der Waals surface area (Å²) in [6.07, 6.45) is 1.32. The zero-order chi connectivity index (χ0) is 20.3. The quantitative estimate of drug-likeness (QED) is 0.665. The van der Waals surface area contributed by atoms with Crippen LogP contribution in [0.25, 0.3) is 22.0 Å². The number of carbonyl (C=O) groups is 2. The standard InChI is InChI=1S/C23H20ClN3O2/c1-3-21(28)26-11-16(12-26)27-10-15-6-5-14(8-17(15)23(27)29)22-13(2)4-7-19-18(22)9-20(24)25-19/h3-9,16,25H,1,10-12H2,2H3. The highest BCUT2D eigenvalue weighted by Crippen LogP contribution is 2.37. The largest absolute Gasteiger partial charge is 0.346 e. The summed E-state index contributed by atoms with van der Waals surface area (Å²) in [5.41, 5.74) is 5.98. The van der Waals surface area contributed by atoms with E-state index in [0.717, 1.165) is 38.7 Å². The number of nitrogens with zero attached hydrogens (tertiary/aromatic N) is 2. The fourth-order valence-electron chi connectivity index (χ4n) is 4.40. The molecule has 1 aromatic heterocycles. The molecule has 1 fully saturated rings. The molecule has 2 aromatic carbocycles. The number of aromatic nitrogens is 1. The normalized spacial score (nSPS) is 16.3. The maximum atomic E-state index is 13.1. The third kappa shape index (κ3) is 2.76. The number of H-pyrrole nitrogens is 1. The Kier molecular flexibility index (Phi) is 4.03. The first kappa shape index (κ1) is 18.0. The van der Waals surface area contributed by atoms with Crippen molar-refractivity contribution < 1.29 is 9.59 Å². The van der Waals surface area contributed by atoms with Crippen LogP contribution in [-0.2, 0) is 11.3 Å². The number of halogens is 1. The van der Waals surface area contributed by atoms with Gasteiger partial charge in [0, 0.05) is 36.1 Å². The zero-order valence-corrected chi connectivity index (χ0v) is 16.8. The fourth-order valence-corrected chi connectivity index (χ4v) is 4.61. The predicted molar refractivity (Wildman–Crippen MR) is 114 cm³/mol. The lowest BCUT2D eigenvalue weighted by Gasteiger charge is -2.43. The number of hydrogen-bond acceptors (Lipinski definition) is 2. The Hall–Kier alpha value is -3.05. The van der Waals surface area contributed by atoms with Gasteiger partial charge in [-0.05, 0) is 53.5 Å².